The lowest BCUT2D eigenvalue weighted by molar-refractivity contribution is 0.0977. The third-order valence-electron chi connectivity index (χ3n) is 5.50. The molecule has 3 aromatic rings. The van der Waals surface area contributed by atoms with E-state index in [1.54, 1.807) is 24.3 Å². The zero-order valence-corrected chi connectivity index (χ0v) is 19.8. The molecule has 0 unspecified atom stereocenters. The predicted octanol–water partition coefficient (Wildman–Crippen LogP) is 6.04. The van der Waals surface area contributed by atoms with E-state index in [0.29, 0.717) is 22.9 Å². The number of hydrogen-bond donors (Lipinski definition) is 2. The van der Waals surface area contributed by atoms with Gasteiger partial charge in [-0.3, -0.25) is 10.1 Å². The molecule has 0 aliphatic carbocycles. The van der Waals surface area contributed by atoms with E-state index in [1.165, 1.54) is 6.42 Å². The maximum atomic E-state index is 12.7. The number of ether oxygens (including phenoxy) is 1. The van der Waals surface area contributed by atoms with Gasteiger partial charge in [0.2, 0.25) is 0 Å². The Bertz CT molecular complexity index is 1100. The zero-order chi connectivity index (χ0) is 23.0. The summed E-state index contributed by atoms with van der Waals surface area (Å²) in [4.78, 5) is 14.9. The maximum Gasteiger partial charge on any atom is 0.257 e. The van der Waals surface area contributed by atoms with Crippen LogP contribution in [0.5, 0.6) is 5.75 Å². The summed E-state index contributed by atoms with van der Waals surface area (Å²) in [7, 11) is 0. The Hall–Kier alpha value is -3.09. The number of anilines is 2. The maximum absolute atomic E-state index is 12.7. The average molecular weight is 480 g/mol. The molecule has 1 aliphatic heterocycles. The molecule has 1 aliphatic rings. The SMILES string of the molecule is O=C(NC(=S)Nc1cccc(Cl)c1N1CCCCC1)c1ccc(OCc2ccccc2)cc1. The molecule has 0 aromatic heterocycles. The topological polar surface area (TPSA) is 53.6 Å². The number of rotatable bonds is 6. The van der Waals surface area contributed by atoms with Crippen molar-refractivity contribution in [1.82, 2.24) is 5.32 Å². The summed E-state index contributed by atoms with van der Waals surface area (Å²) in [6.07, 6.45) is 3.50. The zero-order valence-electron chi connectivity index (χ0n) is 18.2. The predicted molar refractivity (Wildman–Crippen MR) is 138 cm³/mol. The van der Waals surface area contributed by atoms with Crippen LogP contribution in [-0.2, 0) is 6.61 Å². The number of nitrogens with zero attached hydrogens (tertiary/aromatic N) is 1. The fraction of sp³-hybridized carbons (Fsp3) is 0.231. The fourth-order valence-electron chi connectivity index (χ4n) is 3.83. The van der Waals surface area contributed by atoms with Gasteiger partial charge in [0.05, 0.1) is 16.4 Å². The van der Waals surface area contributed by atoms with Crippen LogP contribution in [0, 0.1) is 0 Å². The average Bonchev–Trinajstić information content (AvgIpc) is 2.84. The van der Waals surface area contributed by atoms with Crippen molar-refractivity contribution < 1.29 is 9.53 Å². The summed E-state index contributed by atoms with van der Waals surface area (Å²) in [6, 6.07) is 22.6. The van der Waals surface area contributed by atoms with Crippen LogP contribution < -0.4 is 20.3 Å². The minimum absolute atomic E-state index is 0.227. The molecule has 5 nitrogen and oxygen atoms in total. The summed E-state index contributed by atoms with van der Waals surface area (Å²) in [5, 5.41) is 6.79. The molecule has 0 spiro atoms. The van der Waals surface area contributed by atoms with Crippen LogP contribution in [0.15, 0.2) is 72.8 Å². The van der Waals surface area contributed by atoms with Crippen molar-refractivity contribution in [3.8, 4) is 5.75 Å². The first-order chi connectivity index (χ1) is 16.1. The number of carbonyl (C=O) groups is 1. The van der Waals surface area contributed by atoms with Crippen molar-refractivity contribution in [1.29, 1.82) is 0 Å². The molecule has 4 rings (SSSR count). The van der Waals surface area contributed by atoms with Crippen molar-refractivity contribution in [3.05, 3.63) is 88.9 Å². The third-order valence-corrected chi connectivity index (χ3v) is 6.01. The van der Waals surface area contributed by atoms with Crippen molar-refractivity contribution in [2.45, 2.75) is 25.9 Å². The Kier molecular flexibility index (Phi) is 7.81. The number of hydrogen-bond acceptors (Lipinski definition) is 4. The first kappa shape index (κ1) is 23.1. The molecule has 2 N–H and O–H groups in total. The summed E-state index contributed by atoms with van der Waals surface area (Å²) in [6.45, 7) is 2.38. The van der Waals surface area contributed by atoms with Crippen LogP contribution in [0.3, 0.4) is 0 Å². The standard InChI is InChI=1S/C26H26ClN3O2S/c27-22-10-7-11-23(24(22)30-16-5-2-6-17-30)28-26(33)29-25(31)20-12-14-21(15-13-20)32-18-19-8-3-1-4-9-19/h1,3-4,7-15H,2,5-6,16-18H2,(H2,28,29,31,33). The van der Waals surface area contributed by atoms with Crippen molar-refractivity contribution >= 4 is 46.2 Å². The van der Waals surface area contributed by atoms with E-state index < -0.39 is 0 Å². The van der Waals surface area contributed by atoms with Gasteiger partial charge in [0.25, 0.3) is 5.91 Å². The summed E-state index contributed by atoms with van der Waals surface area (Å²) in [5.74, 6) is 0.407. The molecule has 3 aromatic carbocycles. The number of nitrogens with one attached hydrogen (secondary N) is 2. The Morgan fingerprint density at radius 1 is 0.939 bits per heavy atom. The largest absolute Gasteiger partial charge is 0.489 e. The lowest BCUT2D eigenvalue weighted by Gasteiger charge is -2.31. The molecular weight excluding hydrogens is 454 g/mol. The smallest absolute Gasteiger partial charge is 0.257 e. The van der Waals surface area contributed by atoms with Crippen LogP contribution in [0.25, 0.3) is 0 Å². The number of thiocarbonyl (C=S) groups is 1. The highest BCUT2D eigenvalue weighted by molar-refractivity contribution is 7.80. The fourth-order valence-corrected chi connectivity index (χ4v) is 4.32. The minimum Gasteiger partial charge on any atom is -0.489 e. The van der Waals surface area contributed by atoms with E-state index in [1.807, 2.05) is 48.5 Å². The van der Waals surface area contributed by atoms with E-state index in [4.69, 9.17) is 28.6 Å². The molecule has 1 saturated heterocycles. The highest BCUT2D eigenvalue weighted by atomic mass is 35.5. The van der Waals surface area contributed by atoms with Gasteiger partial charge in [-0.15, -0.1) is 0 Å². The molecule has 0 saturated carbocycles. The van der Waals surface area contributed by atoms with Gasteiger partial charge in [-0.2, -0.15) is 0 Å². The second kappa shape index (κ2) is 11.2. The summed E-state index contributed by atoms with van der Waals surface area (Å²) in [5.41, 5.74) is 3.30. The lowest BCUT2D eigenvalue weighted by Crippen LogP contribution is -2.35. The molecule has 1 heterocycles. The minimum atomic E-state index is -0.288. The van der Waals surface area contributed by atoms with E-state index >= 15 is 0 Å². The number of amides is 1. The van der Waals surface area contributed by atoms with Gasteiger partial charge in [-0.1, -0.05) is 48.0 Å². The first-order valence-electron chi connectivity index (χ1n) is 11.0. The Labute approximate surface area is 204 Å². The highest BCUT2D eigenvalue weighted by Crippen LogP contribution is 2.35. The van der Waals surface area contributed by atoms with Gasteiger partial charge in [0.1, 0.15) is 12.4 Å². The molecule has 0 bridgehead atoms. The molecule has 7 heteroatoms. The van der Waals surface area contributed by atoms with Crippen molar-refractivity contribution in [2.75, 3.05) is 23.3 Å². The number of para-hydroxylation sites is 1. The van der Waals surface area contributed by atoms with E-state index in [9.17, 15) is 4.79 Å². The number of piperidine rings is 1. The number of carbonyl (C=O) groups excluding carboxylic acids is 1. The molecular formula is C26H26ClN3O2S. The lowest BCUT2D eigenvalue weighted by atomic mass is 10.1. The van der Waals surface area contributed by atoms with E-state index in [-0.39, 0.29) is 11.0 Å². The van der Waals surface area contributed by atoms with Crippen LogP contribution in [-0.4, -0.2) is 24.1 Å². The quantitative estimate of drug-likeness (QED) is 0.422. The van der Waals surface area contributed by atoms with Gasteiger partial charge in [0, 0.05) is 18.7 Å². The molecule has 33 heavy (non-hydrogen) atoms. The third kappa shape index (κ3) is 6.24. The monoisotopic (exact) mass is 479 g/mol. The van der Waals surface area contributed by atoms with Gasteiger partial charge in [-0.05, 0) is 73.4 Å². The van der Waals surface area contributed by atoms with Gasteiger partial charge in [-0.25, -0.2) is 0 Å². The second-order valence-electron chi connectivity index (χ2n) is 7.89. The van der Waals surface area contributed by atoms with E-state index in [0.717, 1.165) is 42.9 Å². The number of halogens is 1. The van der Waals surface area contributed by atoms with Crippen LogP contribution in [0.4, 0.5) is 11.4 Å². The van der Waals surface area contributed by atoms with Crippen LogP contribution in [0.2, 0.25) is 5.02 Å². The van der Waals surface area contributed by atoms with Crippen LogP contribution >= 0.6 is 23.8 Å². The van der Waals surface area contributed by atoms with Gasteiger partial charge < -0.3 is 15.0 Å². The Morgan fingerprint density at radius 3 is 2.39 bits per heavy atom. The van der Waals surface area contributed by atoms with Crippen molar-refractivity contribution in [3.63, 3.8) is 0 Å². The molecule has 0 radical (unpaired) electrons. The van der Waals surface area contributed by atoms with Gasteiger partial charge in [0.15, 0.2) is 5.11 Å². The Balaban J connectivity index is 1.35. The highest BCUT2D eigenvalue weighted by Gasteiger charge is 2.18. The molecule has 0 atom stereocenters. The van der Waals surface area contributed by atoms with E-state index in [2.05, 4.69) is 15.5 Å². The molecule has 1 fully saturated rings. The van der Waals surface area contributed by atoms with Crippen molar-refractivity contribution in [2.24, 2.45) is 0 Å². The first-order valence-corrected chi connectivity index (χ1v) is 11.8. The normalized spacial score (nSPS) is 13.3. The molecule has 1 amide bonds. The second-order valence-corrected chi connectivity index (χ2v) is 8.71. The molecule has 170 valence electrons. The van der Waals surface area contributed by atoms with Crippen LogP contribution in [0.1, 0.15) is 35.2 Å². The Morgan fingerprint density at radius 2 is 1.67 bits per heavy atom. The summed E-state index contributed by atoms with van der Waals surface area (Å²) < 4.78 is 5.78. The number of benzene rings is 3. The summed E-state index contributed by atoms with van der Waals surface area (Å²) >= 11 is 11.9. The van der Waals surface area contributed by atoms with Gasteiger partial charge >= 0.3 is 0 Å².